The second-order valence-electron chi connectivity index (χ2n) is 10.8. The summed E-state index contributed by atoms with van der Waals surface area (Å²) in [4.78, 5) is 0. The molecule has 3 fully saturated rings. The van der Waals surface area contributed by atoms with Crippen LogP contribution in [0.5, 0.6) is 0 Å². The number of ether oxygens (including phenoxy) is 3. The lowest BCUT2D eigenvalue weighted by Gasteiger charge is -2.46. The standard InChI is InChI=1S/C26H34O5Si/c1-24(2,3)32(19-12-8-6-9-13-19,20-14-10-7-11-15-20)31-22-21-23(29-25(4,5)28-21)30-26(22)16-18(26)17-27/h6-15,18,21-23,27H,16-17H2,1-5H3/t18-,21+,22?,23+,26-/m1/s1. The highest BCUT2D eigenvalue weighted by Crippen LogP contribution is 2.60. The van der Waals surface area contributed by atoms with Crippen molar-refractivity contribution >= 4 is 18.7 Å². The summed E-state index contributed by atoms with van der Waals surface area (Å²) in [6.07, 6.45) is -0.377. The maximum Gasteiger partial charge on any atom is 0.261 e. The SMILES string of the molecule is CC1(C)O[C@H]2O[C@@]3(C[C@@H]3CO)C(O[Si](c3ccccc3)(c3ccccc3)C(C)(C)C)[C@@H]2O1. The molecular weight excluding hydrogens is 420 g/mol. The van der Waals surface area contributed by atoms with Crippen LogP contribution in [0.1, 0.15) is 41.0 Å². The number of aliphatic hydroxyl groups is 1. The van der Waals surface area contributed by atoms with Crippen LogP contribution in [-0.2, 0) is 18.6 Å². The zero-order chi connectivity index (χ0) is 22.8. The Balaban J connectivity index is 1.66. The summed E-state index contributed by atoms with van der Waals surface area (Å²) >= 11 is 0. The van der Waals surface area contributed by atoms with E-state index in [1.54, 1.807) is 0 Å². The molecule has 0 bridgehead atoms. The number of benzene rings is 2. The molecule has 1 unspecified atom stereocenters. The van der Waals surface area contributed by atoms with Crippen molar-refractivity contribution in [3.8, 4) is 0 Å². The molecule has 1 aliphatic carbocycles. The molecule has 0 radical (unpaired) electrons. The van der Waals surface area contributed by atoms with Crippen molar-refractivity contribution in [1.29, 1.82) is 0 Å². The summed E-state index contributed by atoms with van der Waals surface area (Å²) in [5, 5.41) is 12.3. The summed E-state index contributed by atoms with van der Waals surface area (Å²) in [5.74, 6) is -0.695. The van der Waals surface area contributed by atoms with E-state index in [0.717, 1.165) is 6.42 Å². The normalized spacial score (nSPS) is 33.4. The predicted octanol–water partition coefficient (Wildman–Crippen LogP) is 3.19. The van der Waals surface area contributed by atoms with Gasteiger partial charge in [-0.05, 0) is 35.7 Å². The maximum absolute atomic E-state index is 10.0. The monoisotopic (exact) mass is 454 g/mol. The second kappa shape index (κ2) is 7.48. The third-order valence-corrected chi connectivity index (χ3v) is 12.3. The van der Waals surface area contributed by atoms with Gasteiger partial charge in [0.05, 0.1) is 0 Å². The first-order valence-corrected chi connectivity index (χ1v) is 13.5. The van der Waals surface area contributed by atoms with Crippen molar-refractivity contribution in [2.75, 3.05) is 6.61 Å². The molecule has 1 N–H and O–H groups in total. The minimum absolute atomic E-state index is 0.0339. The fraction of sp³-hybridized carbons (Fsp3) is 0.538. The van der Waals surface area contributed by atoms with E-state index in [-0.39, 0.29) is 29.8 Å². The largest absolute Gasteiger partial charge is 0.399 e. The Kier molecular flexibility index (Phi) is 5.21. The van der Waals surface area contributed by atoms with Gasteiger partial charge < -0.3 is 23.7 Å². The highest BCUT2D eigenvalue weighted by molar-refractivity contribution is 6.99. The summed E-state index contributed by atoms with van der Waals surface area (Å²) in [6, 6.07) is 21.2. The minimum atomic E-state index is -2.81. The summed E-state index contributed by atoms with van der Waals surface area (Å²) in [7, 11) is -2.81. The summed E-state index contributed by atoms with van der Waals surface area (Å²) < 4.78 is 26.4. The van der Waals surface area contributed by atoms with Crippen LogP contribution in [0.2, 0.25) is 5.04 Å². The number of aliphatic hydroxyl groups excluding tert-OH is 1. The van der Waals surface area contributed by atoms with Gasteiger partial charge in [-0.3, -0.25) is 0 Å². The number of hydrogen-bond acceptors (Lipinski definition) is 5. The first-order chi connectivity index (χ1) is 15.1. The highest BCUT2D eigenvalue weighted by Gasteiger charge is 2.74. The van der Waals surface area contributed by atoms with Gasteiger partial charge in [-0.1, -0.05) is 81.4 Å². The smallest absolute Gasteiger partial charge is 0.261 e. The molecule has 5 rings (SSSR count). The van der Waals surface area contributed by atoms with Crippen LogP contribution in [-0.4, -0.2) is 49.9 Å². The molecule has 1 saturated carbocycles. The average Bonchev–Trinajstić information content (AvgIpc) is 3.28. The zero-order valence-electron chi connectivity index (χ0n) is 19.6. The van der Waals surface area contributed by atoms with Crippen molar-refractivity contribution in [3.05, 3.63) is 60.7 Å². The van der Waals surface area contributed by atoms with Gasteiger partial charge in [0.1, 0.15) is 17.8 Å². The van der Waals surface area contributed by atoms with Crippen molar-refractivity contribution in [2.24, 2.45) is 5.92 Å². The molecule has 32 heavy (non-hydrogen) atoms. The Morgan fingerprint density at radius 2 is 1.50 bits per heavy atom. The van der Waals surface area contributed by atoms with Crippen molar-refractivity contribution in [1.82, 2.24) is 0 Å². The Morgan fingerprint density at radius 3 is 1.97 bits per heavy atom. The van der Waals surface area contributed by atoms with Crippen LogP contribution in [0.4, 0.5) is 0 Å². The van der Waals surface area contributed by atoms with Gasteiger partial charge in [-0.15, -0.1) is 0 Å². The van der Waals surface area contributed by atoms with Crippen LogP contribution >= 0.6 is 0 Å². The molecule has 2 aromatic carbocycles. The summed E-state index contributed by atoms with van der Waals surface area (Å²) in [6.45, 7) is 10.7. The molecule has 5 nitrogen and oxygen atoms in total. The minimum Gasteiger partial charge on any atom is -0.399 e. The average molecular weight is 455 g/mol. The molecule has 6 heteroatoms. The Labute approximate surface area is 191 Å². The Morgan fingerprint density at radius 1 is 0.938 bits per heavy atom. The van der Waals surface area contributed by atoms with Gasteiger partial charge in [0.15, 0.2) is 12.1 Å². The van der Waals surface area contributed by atoms with Gasteiger partial charge in [-0.2, -0.15) is 0 Å². The van der Waals surface area contributed by atoms with Gasteiger partial charge >= 0.3 is 0 Å². The Bertz CT molecular complexity index is 918. The van der Waals surface area contributed by atoms with Crippen LogP contribution in [0.25, 0.3) is 0 Å². The number of hydrogen-bond donors (Lipinski definition) is 1. The van der Waals surface area contributed by atoms with Gasteiger partial charge in [0.25, 0.3) is 8.32 Å². The molecule has 0 amide bonds. The molecule has 5 atom stereocenters. The maximum atomic E-state index is 10.0. The van der Waals surface area contributed by atoms with Crippen LogP contribution < -0.4 is 10.4 Å². The van der Waals surface area contributed by atoms with E-state index in [9.17, 15) is 5.11 Å². The van der Waals surface area contributed by atoms with Crippen LogP contribution in [0.15, 0.2) is 60.7 Å². The quantitative estimate of drug-likeness (QED) is 0.704. The lowest BCUT2D eigenvalue weighted by Crippen LogP contribution is -2.69. The summed E-state index contributed by atoms with van der Waals surface area (Å²) in [5.41, 5.74) is -0.562. The lowest BCUT2D eigenvalue weighted by molar-refractivity contribution is -0.221. The molecule has 2 aromatic rings. The van der Waals surface area contributed by atoms with E-state index >= 15 is 0 Å². The van der Waals surface area contributed by atoms with Crippen molar-refractivity contribution < 1.29 is 23.7 Å². The molecule has 3 aliphatic rings. The fourth-order valence-electron chi connectivity index (χ4n) is 5.70. The van der Waals surface area contributed by atoms with E-state index in [0.29, 0.717) is 0 Å². The van der Waals surface area contributed by atoms with E-state index < -0.39 is 26.0 Å². The molecule has 0 aromatic heterocycles. The van der Waals surface area contributed by atoms with Gasteiger partial charge in [-0.25, -0.2) is 0 Å². The lowest BCUT2D eigenvalue weighted by atomic mass is 10.1. The zero-order valence-corrected chi connectivity index (χ0v) is 20.6. The van der Waals surface area contributed by atoms with Crippen LogP contribution in [0.3, 0.4) is 0 Å². The second-order valence-corrected chi connectivity index (χ2v) is 15.1. The molecule has 2 saturated heterocycles. The van der Waals surface area contributed by atoms with E-state index in [4.69, 9.17) is 18.6 Å². The number of fused-ring (bicyclic) bond motifs is 1. The number of rotatable bonds is 5. The topological polar surface area (TPSA) is 57.2 Å². The van der Waals surface area contributed by atoms with Crippen LogP contribution in [0, 0.1) is 5.92 Å². The first-order valence-electron chi connectivity index (χ1n) is 11.6. The van der Waals surface area contributed by atoms with Crippen molar-refractivity contribution in [3.63, 3.8) is 0 Å². The van der Waals surface area contributed by atoms with E-state index in [1.807, 2.05) is 26.0 Å². The van der Waals surface area contributed by atoms with Gasteiger partial charge in [0.2, 0.25) is 0 Å². The van der Waals surface area contributed by atoms with Gasteiger partial charge in [0, 0.05) is 12.5 Å². The molecular formula is C26H34O5Si. The molecule has 2 aliphatic heterocycles. The fourth-order valence-corrected chi connectivity index (χ4v) is 10.4. The third kappa shape index (κ3) is 3.31. The predicted molar refractivity (Wildman–Crippen MR) is 125 cm³/mol. The highest BCUT2D eigenvalue weighted by atomic mass is 28.4. The molecule has 172 valence electrons. The van der Waals surface area contributed by atoms with Crippen molar-refractivity contribution in [2.45, 2.75) is 76.0 Å². The van der Waals surface area contributed by atoms with E-state index in [1.165, 1.54) is 10.4 Å². The Hall–Kier alpha value is -1.54. The first kappa shape index (κ1) is 22.3. The molecule has 1 spiro atoms. The molecule has 2 heterocycles. The third-order valence-electron chi connectivity index (χ3n) is 7.24. The van der Waals surface area contributed by atoms with E-state index in [2.05, 4.69) is 69.3 Å².